The minimum absolute atomic E-state index is 0.0171. The fraction of sp³-hybridized carbons (Fsp3) is 0.526. The average Bonchev–Trinajstić information content (AvgIpc) is 3.21. The Hall–Kier alpha value is -2.97. The molecule has 1 N–H and O–H groups in total. The van der Waals surface area contributed by atoms with Crippen molar-refractivity contribution < 1.29 is 4.79 Å². The first-order valence-electron chi connectivity index (χ1n) is 9.79. The van der Waals surface area contributed by atoms with Crippen molar-refractivity contribution in [2.75, 3.05) is 0 Å². The van der Waals surface area contributed by atoms with Crippen LogP contribution in [0.4, 0.5) is 0 Å². The number of hydrogen-bond acceptors (Lipinski definition) is 5. The van der Waals surface area contributed by atoms with Gasteiger partial charge < -0.3 is 5.32 Å². The van der Waals surface area contributed by atoms with Crippen LogP contribution < -0.4 is 11.0 Å². The maximum Gasteiger partial charge on any atom is 0.345 e. The molecule has 4 rings (SSSR count). The molecule has 3 aromatic heterocycles. The van der Waals surface area contributed by atoms with Crippen LogP contribution in [-0.2, 0) is 19.5 Å². The van der Waals surface area contributed by atoms with Gasteiger partial charge in [-0.2, -0.15) is 10.2 Å². The summed E-state index contributed by atoms with van der Waals surface area (Å²) in [5.41, 5.74) is 1.04. The Bertz CT molecular complexity index is 1050. The predicted octanol–water partition coefficient (Wildman–Crippen LogP) is 1.27. The van der Waals surface area contributed by atoms with Crippen molar-refractivity contribution in [3.63, 3.8) is 0 Å². The standard InChI is InChI=1S/C19H25N7O2/c1-13(2)8-11-25-19(28)24-10-9-14(6-7-17(24)23-25)22-18(27)15-4-3-5-16-20-12-21-26(15)16/h3-5,12-14H,6-11H2,1-2H3,(H,22,27). The molecule has 9 heteroatoms. The summed E-state index contributed by atoms with van der Waals surface area (Å²) in [6.07, 6.45) is 4.48. The molecule has 0 aliphatic carbocycles. The fourth-order valence-electron chi connectivity index (χ4n) is 3.58. The smallest absolute Gasteiger partial charge is 0.345 e. The van der Waals surface area contributed by atoms with Crippen molar-refractivity contribution in [2.45, 2.75) is 58.7 Å². The SMILES string of the molecule is CC(C)CCn1nc2n(c1=O)CCC(NC(=O)c1cccc3ncnn13)CC2. The summed E-state index contributed by atoms with van der Waals surface area (Å²) in [5, 5.41) is 11.7. The van der Waals surface area contributed by atoms with Gasteiger partial charge in [0.15, 0.2) is 5.65 Å². The van der Waals surface area contributed by atoms with Crippen LogP contribution in [0.5, 0.6) is 0 Å². The lowest BCUT2D eigenvalue weighted by molar-refractivity contribution is 0.0925. The molecule has 3 aromatic rings. The van der Waals surface area contributed by atoms with E-state index in [0.29, 0.717) is 43.2 Å². The van der Waals surface area contributed by atoms with Gasteiger partial charge in [-0.15, -0.1) is 0 Å². The summed E-state index contributed by atoms with van der Waals surface area (Å²) in [6, 6.07) is 5.31. The van der Waals surface area contributed by atoms with Crippen LogP contribution in [0.25, 0.3) is 5.65 Å². The van der Waals surface area contributed by atoms with Gasteiger partial charge >= 0.3 is 5.69 Å². The zero-order chi connectivity index (χ0) is 19.7. The van der Waals surface area contributed by atoms with Gasteiger partial charge in [0.25, 0.3) is 5.91 Å². The number of carbonyl (C=O) groups is 1. The van der Waals surface area contributed by atoms with Crippen LogP contribution in [0, 0.1) is 5.92 Å². The zero-order valence-electron chi connectivity index (χ0n) is 16.2. The summed E-state index contributed by atoms with van der Waals surface area (Å²) in [6.45, 7) is 5.49. The Morgan fingerprint density at radius 2 is 2.18 bits per heavy atom. The molecule has 0 saturated carbocycles. The molecule has 0 fully saturated rings. The van der Waals surface area contributed by atoms with E-state index in [1.807, 2.05) is 0 Å². The van der Waals surface area contributed by atoms with Gasteiger partial charge in [-0.1, -0.05) is 19.9 Å². The van der Waals surface area contributed by atoms with E-state index < -0.39 is 0 Å². The number of amides is 1. The highest BCUT2D eigenvalue weighted by atomic mass is 16.2. The van der Waals surface area contributed by atoms with E-state index in [2.05, 4.69) is 34.3 Å². The summed E-state index contributed by atoms with van der Waals surface area (Å²) >= 11 is 0. The second kappa shape index (κ2) is 7.57. The van der Waals surface area contributed by atoms with Gasteiger partial charge in [0, 0.05) is 25.6 Å². The van der Waals surface area contributed by atoms with Gasteiger partial charge in [0.2, 0.25) is 0 Å². The number of rotatable bonds is 5. The first kappa shape index (κ1) is 18.4. The first-order chi connectivity index (χ1) is 13.5. The van der Waals surface area contributed by atoms with Crippen LogP contribution in [0.1, 0.15) is 49.4 Å². The van der Waals surface area contributed by atoms with Crippen LogP contribution in [0.15, 0.2) is 29.3 Å². The Labute approximate surface area is 162 Å². The zero-order valence-corrected chi connectivity index (χ0v) is 16.2. The number of carbonyl (C=O) groups excluding carboxylic acids is 1. The topological polar surface area (TPSA) is 99.1 Å². The third-order valence-electron chi connectivity index (χ3n) is 5.20. The van der Waals surface area contributed by atoms with Crippen molar-refractivity contribution >= 4 is 11.6 Å². The van der Waals surface area contributed by atoms with Crippen LogP contribution in [0.3, 0.4) is 0 Å². The summed E-state index contributed by atoms with van der Waals surface area (Å²) in [5.74, 6) is 1.15. The quantitative estimate of drug-likeness (QED) is 0.715. The number of fused-ring (bicyclic) bond motifs is 2. The van der Waals surface area contributed by atoms with Gasteiger partial charge in [-0.3, -0.25) is 9.36 Å². The second-order valence-electron chi connectivity index (χ2n) is 7.69. The first-order valence-corrected chi connectivity index (χ1v) is 9.79. The van der Waals surface area contributed by atoms with E-state index in [1.165, 1.54) is 10.8 Å². The van der Waals surface area contributed by atoms with E-state index >= 15 is 0 Å². The number of nitrogens with zero attached hydrogens (tertiary/aromatic N) is 6. The van der Waals surface area contributed by atoms with Crippen LogP contribution in [0.2, 0.25) is 0 Å². The minimum Gasteiger partial charge on any atom is -0.348 e. The molecule has 0 aromatic carbocycles. The molecule has 1 atom stereocenters. The second-order valence-corrected chi connectivity index (χ2v) is 7.69. The van der Waals surface area contributed by atoms with Gasteiger partial charge in [0.05, 0.1) is 0 Å². The summed E-state index contributed by atoms with van der Waals surface area (Å²) < 4.78 is 4.87. The van der Waals surface area contributed by atoms with Crippen molar-refractivity contribution in [2.24, 2.45) is 5.92 Å². The molecule has 28 heavy (non-hydrogen) atoms. The molecule has 9 nitrogen and oxygen atoms in total. The van der Waals surface area contributed by atoms with Crippen molar-refractivity contribution in [1.82, 2.24) is 34.3 Å². The van der Waals surface area contributed by atoms with E-state index in [-0.39, 0.29) is 17.6 Å². The highest BCUT2D eigenvalue weighted by Crippen LogP contribution is 2.13. The molecule has 0 bridgehead atoms. The largest absolute Gasteiger partial charge is 0.348 e. The molecular weight excluding hydrogens is 358 g/mol. The van der Waals surface area contributed by atoms with Crippen LogP contribution >= 0.6 is 0 Å². The van der Waals surface area contributed by atoms with Gasteiger partial charge in [-0.05, 0) is 37.3 Å². The van der Waals surface area contributed by atoms with Crippen molar-refractivity contribution in [3.05, 3.63) is 46.5 Å². The molecule has 0 radical (unpaired) electrons. The number of nitrogens with one attached hydrogen (secondary N) is 1. The van der Waals surface area contributed by atoms with Crippen molar-refractivity contribution in [3.8, 4) is 0 Å². The van der Waals surface area contributed by atoms with Crippen LogP contribution in [-0.4, -0.2) is 40.9 Å². The lowest BCUT2D eigenvalue weighted by atomic mass is 10.1. The third-order valence-corrected chi connectivity index (χ3v) is 5.20. The summed E-state index contributed by atoms with van der Waals surface area (Å²) in [4.78, 5) is 29.4. The lowest BCUT2D eigenvalue weighted by Crippen LogP contribution is -2.36. The van der Waals surface area contributed by atoms with Gasteiger partial charge in [0.1, 0.15) is 17.8 Å². The number of aryl methyl sites for hydroxylation is 2. The van der Waals surface area contributed by atoms with E-state index in [0.717, 1.165) is 18.7 Å². The van der Waals surface area contributed by atoms with Gasteiger partial charge in [-0.25, -0.2) is 19.0 Å². The maximum atomic E-state index is 12.7. The predicted molar refractivity (Wildman–Crippen MR) is 103 cm³/mol. The third kappa shape index (κ3) is 3.56. The Morgan fingerprint density at radius 1 is 1.32 bits per heavy atom. The molecular formula is C19H25N7O2. The molecule has 1 unspecified atom stereocenters. The number of hydrogen-bond donors (Lipinski definition) is 1. The fourth-order valence-corrected chi connectivity index (χ4v) is 3.58. The monoisotopic (exact) mass is 383 g/mol. The van der Waals surface area contributed by atoms with E-state index in [4.69, 9.17) is 0 Å². The molecule has 0 saturated heterocycles. The molecule has 1 aliphatic heterocycles. The Balaban J connectivity index is 1.44. The molecule has 4 heterocycles. The number of pyridine rings is 1. The average molecular weight is 383 g/mol. The lowest BCUT2D eigenvalue weighted by Gasteiger charge is -2.16. The summed E-state index contributed by atoms with van der Waals surface area (Å²) in [7, 11) is 0. The minimum atomic E-state index is -0.185. The molecule has 1 aliphatic rings. The molecule has 0 spiro atoms. The van der Waals surface area contributed by atoms with E-state index in [9.17, 15) is 9.59 Å². The Morgan fingerprint density at radius 3 is 3.00 bits per heavy atom. The Kier molecular flexibility index (Phi) is 4.97. The number of aromatic nitrogens is 6. The van der Waals surface area contributed by atoms with E-state index in [1.54, 1.807) is 27.4 Å². The highest BCUT2D eigenvalue weighted by molar-refractivity contribution is 5.93. The van der Waals surface area contributed by atoms with Crippen molar-refractivity contribution in [1.29, 1.82) is 0 Å². The highest BCUT2D eigenvalue weighted by Gasteiger charge is 2.23. The maximum absolute atomic E-state index is 12.7. The molecule has 1 amide bonds. The normalized spacial score (nSPS) is 16.9. The molecule has 148 valence electrons.